The van der Waals surface area contributed by atoms with E-state index in [1.165, 1.54) is 7.11 Å². The maximum atomic E-state index is 13.0. The average Bonchev–Trinajstić information content (AvgIpc) is 3.82. The molecule has 1 fully saturated rings. The van der Waals surface area contributed by atoms with Crippen LogP contribution in [-0.4, -0.2) is 62.7 Å². The fourth-order valence-electron chi connectivity index (χ4n) is 5.27. The molecule has 2 aromatic carbocycles. The summed E-state index contributed by atoms with van der Waals surface area (Å²) in [5.74, 6) is 1.34. The monoisotopic (exact) mass is 597 g/mol. The molecule has 2 amide bonds. The molecule has 5 rings (SSSR count). The summed E-state index contributed by atoms with van der Waals surface area (Å²) in [7, 11) is 1.38. The Bertz CT molecular complexity index is 1590. The lowest BCUT2D eigenvalue weighted by Gasteiger charge is -2.24. The van der Waals surface area contributed by atoms with Gasteiger partial charge in [0.05, 0.1) is 43.0 Å². The van der Waals surface area contributed by atoms with Gasteiger partial charge >= 0.3 is 0 Å². The molecule has 44 heavy (non-hydrogen) atoms. The molecule has 3 heterocycles. The summed E-state index contributed by atoms with van der Waals surface area (Å²) in [5, 5.41) is 2.97. The number of rotatable bonds is 11. The highest BCUT2D eigenvalue weighted by molar-refractivity contribution is 5.83. The first kappa shape index (κ1) is 30.7. The number of aliphatic imine (C=N–C) groups is 1. The minimum absolute atomic E-state index is 0.00248. The van der Waals surface area contributed by atoms with Gasteiger partial charge in [0.2, 0.25) is 18.2 Å². The zero-order valence-corrected chi connectivity index (χ0v) is 25.7. The quantitative estimate of drug-likeness (QED) is 0.0888. The average molecular weight is 598 g/mol. The molecular formula is C33H39N7O4. The van der Waals surface area contributed by atoms with E-state index in [-0.39, 0.29) is 29.8 Å². The number of hydrogen-bond acceptors (Lipinski definition) is 7. The van der Waals surface area contributed by atoms with Gasteiger partial charge in [-0.2, -0.15) is 4.89 Å². The van der Waals surface area contributed by atoms with Crippen molar-refractivity contribution in [3.8, 4) is 33.6 Å². The van der Waals surface area contributed by atoms with Crippen LogP contribution >= 0.6 is 0 Å². The Morgan fingerprint density at radius 3 is 2.14 bits per heavy atom. The van der Waals surface area contributed by atoms with Crippen molar-refractivity contribution >= 4 is 18.2 Å². The van der Waals surface area contributed by atoms with Crippen LogP contribution in [0.15, 0.2) is 65.9 Å². The first-order valence-electron chi connectivity index (χ1n) is 14.9. The second-order valence-corrected chi connectivity index (χ2v) is 11.3. The largest absolute Gasteiger partial charge is 0.346 e. The Hall–Kier alpha value is -4.77. The maximum absolute atomic E-state index is 13.0. The number of nitrogens with zero attached hydrogens (tertiary/aromatic N) is 4. The van der Waals surface area contributed by atoms with Crippen LogP contribution in [-0.2, 0) is 19.4 Å². The summed E-state index contributed by atoms with van der Waals surface area (Å²) in [5.41, 5.74) is 6.01. The number of benzene rings is 2. The standard InChI is InChI=1S/C33H39N7O4/c1-20(2)32(41)37-21(3)30-34-17-27(38-30)25-12-8-23(9-13-25)24-10-14-26(15-11-24)28-18-35-31(39-28)29-7-6-16-40(29)33(42)22(4)36-19-44-43-5/h8-15,17-22,29H,6-7,16H2,1-5H3,(H,34,38)(H,35,39)(H,37,41)/b36-19+/t21-,22+,29+/m1/s1. The lowest BCUT2D eigenvalue weighted by molar-refractivity contribution is -0.188. The number of H-pyrrole nitrogens is 2. The number of nitrogens with one attached hydrogen (secondary N) is 3. The van der Waals surface area contributed by atoms with Gasteiger partial charge < -0.3 is 25.1 Å². The Kier molecular flexibility index (Phi) is 9.54. The van der Waals surface area contributed by atoms with Crippen molar-refractivity contribution in [1.29, 1.82) is 0 Å². The molecule has 11 nitrogen and oxygen atoms in total. The van der Waals surface area contributed by atoms with E-state index >= 15 is 0 Å². The fraction of sp³-hybridized carbons (Fsp3) is 0.364. The van der Waals surface area contributed by atoms with E-state index in [0.717, 1.165) is 64.5 Å². The van der Waals surface area contributed by atoms with Crippen LogP contribution in [0, 0.1) is 5.92 Å². The number of imidazole rings is 2. The highest BCUT2D eigenvalue weighted by atomic mass is 17.2. The summed E-state index contributed by atoms with van der Waals surface area (Å²) in [4.78, 5) is 56.0. The molecule has 0 aliphatic carbocycles. The second kappa shape index (κ2) is 13.7. The zero-order chi connectivity index (χ0) is 31.2. The molecule has 3 N–H and O–H groups in total. The minimum Gasteiger partial charge on any atom is -0.346 e. The van der Waals surface area contributed by atoms with E-state index in [1.54, 1.807) is 13.1 Å². The van der Waals surface area contributed by atoms with E-state index in [4.69, 9.17) is 0 Å². The third-order valence-electron chi connectivity index (χ3n) is 7.84. The fourth-order valence-corrected chi connectivity index (χ4v) is 5.27. The van der Waals surface area contributed by atoms with E-state index < -0.39 is 6.04 Å². The molecule has 0 radical (unpaired) electrons. The van der Waals surface area contributed by atoms with Crippen molar-refractivity contribution in [3.63, 3.8) is 0 Å². The zero-order valence-electron chi connectivity index (χ0n) is 25.7. The lowest BCUT2D eigenvalue weighted by atomic mass is 10.0. The van der Waals surface area contributed by atoms with E-state index in [0.29, 0.717) is 6.54 Å². The van der Waals surface area contributed by atoms with Gasteiger partial charge in [-0.25, -0.2) is 15.0 Å². The molecule has 1 aliphatic heterocycles. The molecular weight excluding hydrogens is 558 g/mol. The van der Waals surface area contributed by atoms with Gasteiger partial charge in [-0.1, -0.05) is 62.4 Å². The molecule has 2 aromatic heterocycles. The highest BCUT2D eigenvalue weighted by Gasteiger charge is 2.34. The molecule has 0 unspecified atom stereocenters. The van der Waals surface area contributed by atoms with Crippen LogP contribution in [0.3, 0.4) is 0 Å². The third-order valence-corrected chi connectivity index (χ3v) is 7.84. The Labute approximate surface area is 257 Å². The van der Waals surface area contributed by atoms with E-state index in [9.17, 15) is 9.59 Å². The van der Waals surface area contributed by atoms with Gasteiger partial charge in [-0.15, -0.1) is 0 Å². The topological polar surface area (TPSA) is 138 Å². The Morgan fingerprint density at radius 2 is 1.52 bits per heavy atom. The van der Waals surface area contributed by atoms with Gasteiger partial charge in [-0.3, -0.25) is 9.59 Å². The van der Waals surface area contributed by atoms with Crippen LogP contribution < -0.4 is 5.32 Å². The van der Waals surface area contributed by atoms with Crippen molar-refractivity contribution in [2.24, 2.45) is 10.9 Å². The normalized spacial score (nSPS) is 16.4. The van der Waals surface area contributed by atoms with Crippen molar-refractivity contribution in [2.75, 3.05) is 13.7 Å². The molecule has 11 heteroatoms. The van der Waals surface area contributed by atoms with Crippen LogP contribution in [0.1, 0.15) is 64.3 Å². The maximum Gasteiger partial charge on any atom is 0.247 e. The number of carbonyl (C=O) groups is 2. The molecule has 230 valence electrons. The third kappa shape index (κ3) is 6.89. The number of carbonyl (C=O) groups excluding carboxylic acids is 2. The molecule has 0 saturated carbocycles. The highest BCUT2D eigenvalue weighted by Crippen LogP contribution is 2.33. The van der Waals surface area contributed by atoms with Gasteiger partial charge in [-0.05, 0) is 48.9 Å². The number of aromatic amines is 2. The first-order valence-corrected chi connectivity index (χ1v) is 14.9. The van der Waals surface area contributed by atoms with Crippen molar-refractivity contribution in [1.82, 2.24) is 30.2 Å². The molecule has 4 aromatic rings. The van der Waals surface area contributed by atoms with Gasteiger partial charge in [0, 0.05) is 12.5 Å². The predicted molar refractivity (Wildman–Crippen MR) is 168 cm³/mol. The Morgan fingerprint density at radius 1 is 0.932 bits per heavy atom. The molecule has 1 aliphatic rings. The number of amides is 2. The van der Waals surface area contributed by atoms with E-state index in [2.05, 4.69) is 88.6 Å². The molecule has 0 spiro atoms. The molecule has 3 atom stereocenters. The smallest absolute Gasteiger partial charge is 0.247 e. The van der Waals surface area contributed by atoms with Crippen molar-refractivity contribution in [3.05, 3.63) is 72.6 Å². The van der Waals surface area contributed by atoms with Crippen molar-refractivity contribution < 1.29 is 19.4 Å². The van der Waals surface area contributed by atoms with Crippen LogP contribution in [0.2, 0.25) is 0 Å². The number of likely N-dealkylation sites (tertiary alicyclic amines) is 1. The van der Waals surface area contributed by atoms with Crippen LogP contribution in [0.5, 0.6) is 0 Å². The molecule has 1 saturated heterocycles. The number of hydrogen-bond donors (Lipinski definition) is 3. The summed E-state index contributed by atoms with van der Waals surface area (Å²) in [6.45, 7) is 8.06. The van der Waals surface area contributed by atoms with E-state index in [1.807, 2.05) is 31.9 Å². The summed E-state index contributed by atoms with van der Waals surface area (Å²) in [6, 6.07) is 15.7. The molecule has 0 bridgehead atoms. The summed E-state index contributed by atoms with van der Waals surface area (Å²) in [6.07, 6.45) is 6.50. The Balaban J connectivity index is 1.23. The van der Waals surface area contributed by atoms with Crippen LogP contribution in [0.25, 0.3) is 33.6 Å². The van der Waals surface area contributed by atoms with Gasteiger partial charge in [0.15, 0.2) is 0 Å². The number of aromatic nitrogens is 4. The lowest BCUT2D eigenvalue weighted by Crippen LogP contribution is -2.37. The second-order valence-electron chi connectivity index (χ2n) is 11.3. The predicted octanol–water partition coefficient (Wildman–Crippen LogP) is 5.63. The van der Waals surface area contributed by atoms with Gasteiger partial charge in [0.25, 0.3) is 0 Å². The summed E-state index contributed by atoms with van der Waals surface area (Å²) < 4.78 is 0. The SMILES string of the molecule is COO/C=N/[C@@H](C)C(=O)N1CCC[C@H]1c1ncc(-c2ccc(-c3ccc(-c4cnc([C@@H](C)NC(=O)C(C)C)[nH]4)cc3)cc2)[nH]1. The van der Waals surface area contributed by atoms with Crippen LogP contribution in [0.4, 0.5) is 0 Å². The van der Waals surface area contributed by atoms with Gasteiger partial charge in [0.1, 0.15) is 17.7 Å². The first-order chi connectivity index (χ1) is 21.2. The summed E-state index contributed by atoms with van der Waals surface area (Å²) >= 11 is 0. The minimum atomic E-state index is -0.578. The van der Waals surface area contributed by atoms with Crippen molar-refractivity contribution in [2.45, 2.75) is 58.7 Å².